The van der Waals surface area contributed by atoms with Gasteiger partial charge in [0.25, 0.3) is 0 Å². The van der Waals surface area contributed by atoms with Crippen LogP contribution in [-0.2, 0) is 0 Å². The van der Waals surface area contributed by atoms with Crippen LogP contribution in [0.1, 0.15) is 19.8 Å². The largest absolute Gasteiger partial charge is 0.302 e. The summed E-state index contributed by atoms with van der Waals surface area (Å²) in [4.78, 5) is 2.42. The van der Waals surface area contributed by atoms with E-state index in [2.05, 4.69) is 17.2 Å². The first-order valence-corrected chi connectivity index (χ1v) is 4.05. The molecule has 0 spiro atoms. The number of hydrazine groups is 1. The van der Waals surface area contributed by atoms with Gasteiger partial charge in [0.05, 0.1) is 0 Å². The summed E-state index contributed by atoms with van der Waals surface area (Å²) in [5.74, 6) is 5.34. The summed E-state index contributed by atoms with van der Waals surface area (Å²) in [7, 11) is 0. The molecule has 0 aromatic carbocycles. The summed E-state index contributed by atoms with van der Waals surface area (Å²) >= 11 is 0. The molecule has 1 aliphatic heterocycles. The van der Waals surface area contributed by atoms with Crippen LogP contribution in [0.4, 0.5) is 0 Å². The Bertz CT molecular complexity index is 84.9. The van der Waals surface area contributed by atoms with E-state index in [0.717, 1.165) is 13.1 Å². The van der Waals surface area contributed by atoms with Crippen molar-refractivity contribution in [2.75, 3.05) is 19.6 Å². The van der Waals surface area contributed by atoms with Crippen LogP contribution in [-0.4, -0.2) is 30.6 Å². The van der Waals surface area contributed by atoms with Gasteiger partial charge in [0.1, 0.15) is 0 Å². The fraction of sp³-hybridized carbons (Fsp3) is 1.00. The molecule has 60 valence electrons. The number of hydrogen-bond acceptors (Lipinski definition) is 3. The van der Waals surface area contributed by atoms with Crippen molar-refractivity contribution in [2.24, 2.45) is 5.84 Å². The van der Waals surface area contributed by atoms with Crippen LogP contribution in [0.25, 0.3) is 0 Å². The zero-order chi connectivity index (χ0) is 7.40. The number of hydrogen-bond donors (Lipinski definition) is 2. The standard InChI is InChI=1S/C7H17N3/c1-2-10-5-3-4-7(6-10)9-8/h7,9H,2-6,8H2,1H3. The summed E-state index contributed by atoms with van der Waals surface area (Å²) in [6.07, 6.45) is 2.51. The monoisotopic (exact) mass is 143 g/mol. The molecule has 1 fully saturated rings. The number of nitrogens with two attached hydrogens (primary N) is 1. The second-order valence-corrected chi connectivity index (χ2v) is 2.90. The number of nitrogens with zero attached hydrogens (tertiary/aromatic N) is 1. The van der Waals surface area contributed by atoms with Gasteiger partial charge in [-0.3, -0.25) is 11.3 Å². The van der Waals surface area contributed by atoms with E-state index in [9.17, 15) is 0 Å². The van der Waals surface area contributed by atoms with E-state index in [0.29, 0.717) is 6.04 Å². The van der Waals surface area contributed by atoms with Crippen molar-refractivity contribution in [1.82, 2.24) is 10.3 Å². The molecule has 0 saturated carbocycles. The van der Waals surface area contributed by atoms with Crippen molar-refractivity contribution < 1.29 is 0 Å². The average molecular weight is 143 g/mol. The second-order valence-electron chi connectivity index (χ2n) is 2.90. The lowest BCUT2D eigenvalue weighted by Gasteiger charge is -2.31. The van der Waals surface area contributed by atoms with Gasteiger partial charge in [-0.15, -0.1) is 0 Å². The molecule has 1 unspecified atom stereocenters. The molecular weight excluding hydrogens is 126 g/mol. The number of likely N-dealkylation sites (tertiary alicyclic amines) is 1. The highest BCUT2D eigenvalue weighted by Gasteiger charge is 2.16. The molecule has 1 rings (SSSR count). The van der Waals surface area contributed by atoms with Crippen LogP contribution in [0, 0.1) is 0 Å². The first-order chi connectivity index (χ1) is 4.86. The first-order valence-electron chi connectivity index (χ1n) is 4.05. The van der Waals surface area contributed by atoms with Crippen molar-refractivity contribution >= 4 is 0 Å². The molecule has 0 bridgehead atoms. The summed E-state index contributed by atoms with van der Waals surface area (Å²) < 4.78 is 0. The Hall–Kier alpha value is -0.120. The molecule has 0 aromatic rings. The third-order valence-electron chi connectivity index (χ3n) is 2.19. The predicted molar refractivity (Wildman–Crippen MR) is 42.5 cm³/mol. The highest BCUT2D eigenvalue weighted by molar-refractivity contribution is 4.74. The Kier molecular flexibility index (Phi) is 3.12. The van der Waals surface area contributed by atoms with Gasteiger partial charge in [-0.05, 0) is 25.9 Å². The molecule has 0 amide bonds. The fourth-order valence-electron chi connectivity index (χ4n) is 1.48. The van der Waals surface area contributed by atoms with Crippen molar-refractivity contribution in [3.63, 3.8) is 0 Å². The Morgan fingerprint density at radius 3 is 3.10 bits per heavy atom. The van der Waals surface area contributed by atoms with Crippen LogP contribution in [0.15, 0.2) is 0 Å². The van der Waals surface area contributed by atoms with E-state index >= 15 is 0 Å². The van der Waals surface area contributed by atoms with Gasteiger partial charge in [0.2, 0.25) is 0 Å². The zero-order valence-corrected chi connectivity index (χ0v) is 6.64. The molecule has 3 nitrogen and oxygen atoms in total. The third kappa shape index (κ3) is 1.94. The topological polar surface area (TPSA) is 41.3 Å². The van der Waals surface area contributed by atoms with Crippen molar-refractivity contribution in [3.8, 4) is 0 Å². The number of likely N-dealkylation sites (N-methyl/N-ethyl adjacent to an activating group) is 1. The lowest BCUT2D eigenvalue weighted by Crippen LogP contribution is -2.48. The fourth-order valence-corrected chi connectivity index (χ4v) is 1.48. The van der Waals surface area contributed by atoms with E-state index in [1.807, 2.05) is 0 Å². The lowest BCUT2D eigenvalue weighted by molar-refractivity contribution is 0.200. The van der Waals surface area contributed by atoms with Crippen LogP contribution in [0.3, 0.4) is 0 Å². The van der Waals surface area contributed by atoms with E-state index < -0.39 is 0 Å². The van der Waals surface area contributed by atoms with E-state index in [1.54, 1.807) is 0 Å². The molecule has 3 N–H and O–H groups in total. The van der Waals surface area contributed by atoms with Gasteiger partial charge in [0.15, 0.2) is 0 Å². The van der Waals surface area contributed by atoms with E-state index in [4.69, 9.17) is 5.84 Å². The molecule has 0 aromatic heterocycles. The van der Waals surface area contributed by atoms with Crippen LogP contribution < -0.4 is 11.3 Å². The molecule has 0 aliphatic carbocycles. The molecule has 0 radical (unpaired) electrons. The molecule has 1 heterocycles. The summed E-state index contributed by atoms with van der Waals surface area (Å²) in [5, 5.41) is 0. The third-order valence-corrected chi connectivity index (χ3v) is 2.19. The molecule has 1 atom stereocenters. The van der Waals surface area contributed by atoms with Gasteiger partial charge >= 0.3 is 0 Å². The molecule has 1 aliphatic rings. The van der Waals surface area contributed by atoms with Gasteiger partial charge in [-0.1, -0.05) is 6.92 Å². The average Bonchev–Trinajstić information content (AvgIpc) is 2.05. The molecule has 1 saturated heterocycles. The quantitative estimate of drug-likeness (QED) is 0.420. The van der Waals surface area contributed by atoms with Crippen molar-refractivity contribution in [2.45, 2.75) is 25.8 Å². The summed E-state index contributed by atoms with van der Waals surface area (Å²) in [6.45, 7) is 5.71. The molecule has 10 heavy (non-hydrogen) atoms. The van der Waals surface area contributed by atoms with Crippen LogP contribution >= 0.6 is 0 Å². The van der Waals surface area contributed by atoms with Gasteiger partial charge in [-0.2, -0.15) is 0 Å². The van der Waals surface area contributed by atoms with Gasteiger partial charge < -0.3 is 4.90 Å². The Morgan fingerprint density at radius 2 is 2.50 bits per heavy atom. The van der Waals surface area contributed by atoms with Crippen molar-refractivity contribution in [3.05, 3.63) is 0 Å². The highest BCUT2D eigenvalue weighted by Crippen LogP contribution is 2.07. The maximum absolute atomic E-state index is 5.34. The maximum Gasteiger partial charge on any atom is 0.0338 e. The molecule has 3 heteroatoms. The van der Waals surface area contributed by atoms with Crippen LogP contribution in [0.5, 0.6) is 0 Å². The summed E-state index contributed by atoms with van der Waals surface area (Å²) in [6, 6.07) is 0.522. The molecular formula is C7H17N3. The predicted octanol–water partition coefficient (Wildman–Crippen LogP) is -0.0660. The SMILES string of the molecule is CCN1CCCC(NN)C1. The smallest absolute Gasteiger partial charge is 0.0338 e. The van der Waals surface area contributed by atoms with E-state index in [1.165, 1.54) is 19.4 Å². The highest BCUT2D eigenvalue weighted by atomic mass is 15.3. The number of rotatable bonds is 2. The van der Waals surface area contributed by atoms with Gasteiger partial charge in [-0.25, -0.2) is 0 Å². The normalized spacial score (nSPS) is 28.8. The Labute approximate surface area is 62.5 Å². The van der Waals surface area contributed by atoms with Crippen molar-refractivity contribution in [1.29, 1.82) is 0 Å². The minimum absolute atomic E-state index is 0.522. The van der Waals surface area contributed by atoms with E-state index in [-0.39, 0.29) is 0 Å². The maximum atomic E-state index is 5.34. The first kappa shape index (κ1) is 7.98. The number of piperidine rings is 1. The Morgan fingerprint density at radius 1 is 1.70 bits per heavy atom. The Balaban J connectivity index is 2.25. The van der Waals surface area contributed by atoms with Gasteiger partial charge in [0, 0.05) is 12.6 Å². The second kappa shape index (κ2) is 3.91. The summed E-state index contributed by atoms with van der Waals surface area (Å²) in [5.41, 5.74) is 2.83. The lowest BCUT2D eigenvalue weighted by atomic mass is 10.1. The zero-order valence-electron chi connectivity index (χ0n) is 6.64. The minimum atomic E-state index is 0.522. The number of nitrogens with one attached hydrogen (secondary N) is 1. The van der Waals surface area contributed by atoms with Crippen LogP contribution in [0.2, 0.25) is 0 Å². The minimum Gasteiger partial charge on any atom is -0.302 e.